The van der Waals surface area contributed by atoms with Crippen LogP contribution in [0.4, 0.5) is 0 Å². The van der Waals surface area contributed by atoms with Gasteiger partial charge in [0.15, 0.2) is 0 Å². The van der Waals surface area contributed by atoms with E-state index < -0.39 is 0 Å². The quantitative estimate of drug-likeness (QED) is 0.449. The Hall–Kier alpha value is -0.520. The Morgan fingerprint density at radius 2 is 2.12 bits per heavy atom. The lowest BCUT2D eigenvalue weighted by atomic mass is 10.1. The van der Waals surface area contributed by atoms with Crippen LogP contribution < -0.4 is 0 Å². The zero-order chi connectivity index (χ0) is 7.40. The van der Waals surface area contributed by atoms with Crippen molar-refractivity contribution in [3.8, 4) is 0 Å². The van der Waals surface area contributed by atoms with Gasteiger partial charge in [-0.05, 0) is 25.7 Å². The fourth-order valence-electron chi connectivity index (χ4n) is 0.749. The van der Waals surface area contributed by atoms with Crippen LogP contribution in [0.25, 0.3) is 0 Å². The van der Waals surface area contributed by atoms with Crippen LogP contribution in [0.1, 0.15) is 28.4 Å². The van der Waals surface area contributed by atoms with Gasteiger partial charge >= 0.3 is 0 Å². The van der Waals surface area contributed by atoms with E-state index in [1.165, 1.54) is 0 Å². The molecule has 0 heteroatoms. The van der Waals surface area contributed by atoms with E-state index >= 15 is 0 Å². The highest BCUT2D eigenvalue weighted by atomic mass is 13.9. The van der Waals surface area contributed by atoms with Gasteiger partial charge in [0.1, 0.15) is 0 Å². The molecule has 0 amide bonds. The van der Waals surface area contributed by atoms with Gasteiger partial charge in [0.25, 0.3) is 0 Å². The van der Waals surface area contributed by atoms with Crippen LogP contribution in [0, 0.1) is 0 Å². The van der Waals surface area contributed by atoms with Crippen molar-refractivity contribution in [1.29, 1.82) is 0 Å². The SMILES string of the molecule is [2H]C1=C([2H])CCCCC=C1. The first-order chi connectivity index (χ1) is 4.80. The van der Waals surface area contributed by atoms with Gasteiger partial charge in [0, 0.05) is 0 Å². The standard InChI is InChI=1S/C8H12/c1-2-4-6-8-7-5-3-1/h1-4H,5-8H2/i1D,3D. The van der Waals surface area contributed by atoms with E-state index in [0.717, 1.165) is 25.7 Å². The topological polar surface area (TPSA) is 0 Å². The molecule has 0 aromatic carbocycles. The highest BCUT2D eigenvalue weighted by molar-refractivity contribution is 5.03. The van der Waals surface area contributed by atoms with Crippen molar-refractivity contribution in [3.63, 3.8) is 0 Å². The molecule has 1 rings (SSSR count). The molecule has 0 bridgehead atoms. The highest BCUT2D eigenvalue weighted by Crippen LogP contribution is 2.04. The normalized spacial score (nSPS) is 26.0. The summed E-state index contributed by atoms with van der Waals surface area (Å²) in [7, 11) is 0. The van der Waals surface area contributed by atoms with Gasteiger partial charge in [-0.2, -0.15) is 0 Å². The summed E-state index contributed by atoms with van der Waals surface area (Å²) in [6.45, 7) is 0. The minimum Gasteiger partial charge on any atom is -0.0845 e. The maximum atomic E-state index is 7.36. The average Bonchev–Trinajstić information content (AvgIpc) is 1.92. The largest absolute Gasteiger partial charge is 0.0845 e. The molecule has 0 nitrogen and oxygen atoms in total. The maximum Gasteiger partial charge on any atom is 0.0619 e. The van der Waals surface area contributed by atoms with Gasteiger partial charge in [0.2, 0.25) is 0 Å². The Labute approximate surface area is 53.7 Å². The molecule has 0 unspecified atom stereocenters. The van der Waals surface area contributed by atoms with E-state index in [1.807, 2.05) is 6.08 Å². The predicted molar refractivity (Wildman–Crippen MR) is 36.7 cm³/mol. The Morgan fingerprint density at radius 1 is 1.25 bits per heavy atom. The van der Waals surface area contributed by atoms with Crippen molar-refractivity contribution in [2.75, 3.05) is 0 Å². The Bertz CT molecular complexity index is 168. The monoisotopic (exact) mass is 110 g/mol. The van der Waals surface area contributed by atoms with Crippen molar-refractivity contribution in [2.24, 2.45) is 0 Å². The molecule has 0 heterocycles. The van der Waals surface area contributed by atoms with Gasteiger partial charge in [-0.25, -0.2) is 0 Å². The fraction of sp³-hybridized carbons (Fsp3) is 0.500. The summed E-state index contributed by atoms with van der Waals surface area (Å²) in [6.07, 6.45) is 7.79. The molecule has 0 radical (unpaired) electrons. The predicted octanol–water partition coefficient (Wildman–Crippen LogP) is 2.67. The van der Waals surface area contributed by atoms with Crippen molar-refractivity contribution in [3.05, 3.63) is 24.3 Å². The lowest BCUT2D eigenvalue weighted by Crippen LogP contribution is -1.74. The van der Waals surface area contributed by atoms with E-state index in [-0.39, 0.29) is 0 Å². The van der Waals surface area contributed by atoms with Crippen molar-refractivity contribution in [2.45, 2.75) is 25.7 Å². The molecule has 0 aliphatic heterocycles. The van der Waals surface area contributed by atoms with Crippen LogP contribution in [0.5, 0.6) is 0 Å². The first-order valence-corrected chi connectivity index (χ1v) is 3.13. The number of hydrogen-bond donors (Lipinski definition) is 0. The third-order valence-electron chi connectivity index (χ3n) is 1.23. The molecule has 1 aliphatic rings. The highest BCUT2D eigenvalue weighted by Gasteiger charge is 1.84. The van der Waals surface area contributed by atoms with Crippen LogP contribution >= 0.6 is 0 Å². The van der Waals surface area contributed by atoms with E-state index in [4.69, 9.17) is 2.74 Å². The lowest BCUT2D eigenvalue weighted by Gasteiger charge is -1.94. The van der Waals surface area contributed by atoms with Crippen LogP contribution in [0.2, 0.25) is 0 Å². The van der Waals surface area contributed by atoms with E-state index in [2.05, 4.69) is 0 Å². The Balaban J connectivity index is 2.67. The number of rotatable bonds is 0. The molecule has 0 saturated heterocycles. The number of allylic oxidation sites excluding steroid dienone is 4. The van der Waals surface area contributed by atoms with Crippen LogP contribution in [0.3, 0.4) is 0 Å². The first-order valence-electron chi connectivity index (χ1n) is 4.13. The van der Waals surface area contributed by atoms with E-state index in [9.17, 15) is 0 Å². The summed E-state index contributed by atoms with van der Waals surface area (Å²) >= 11 is 0. The summed E-state index contributed by atoms with van der Waals surface area (Å²) in [5.41, 5.74) is 0. The smallest absolute Gasteiger partial charge is 0.0619 e. The van der Waals surface area contributed by atoms with Crippen molar-refractivity contribution >= 4 is 0 Å². The summed E-state index contributed by atoms with van der Waals surface area (Å²) in [5, 5.41) is 0. The second-order valence-corrected chi connectivity index (χ2v) is 1.97. The van der Waals surface area contributed by atoms with Gasteiger partial charge in [-0.15, -0.1) is 0 Å². The molecule has 0 N–H and O–H groups in total. The van der Waals surface area contributed by atoms with E-state index in [0.29, 0.717) is 12.1 Å². The van der Waals surface area contributed by atoms with Crippen LogP contribution in [-0.2, 0) is 0 Å². The summed E-state index contributed by atoms with van der Waals surface area (Å²) in [4.78, 5) is 0. The molecular formula is C8H12. The molecule has 1 aliphatic carbocycles. The fourth-order valence-corrected chi connectivity index (χ4v) is 0.749. The molecule has 0 spiro atoms. The van der Waals surface area contributed by atoms with Gasteiger partial charge in [-0.3, -0.25) is 0 Å². The first kappa shape index (κ1) is 3.49. The zero-order valence-corrected chi connectivity index (χ0v) is 4.98. The Morgan fingerprint density at radius 3 is 3.12 bits per heavy atom. The summed E-state index contributed by atoms with van der Waals surface area (Å²) < 4.78 is 14.7. The van der Waals surface area contributed by atoms with Crippen LogP contribution in [-0.4, -0.2) is 0 Å². The Kier molecular flexibility index (Phi) is 1.52. The lowest BCUT2D eigenvalue weighted by molar-refractivity contribution is 0.758. The molecule has 0 atom stereocenters. The second kappa shape index (κ2) is 3.48. The number of hydrogen-bond acceptors (Lipinski definition) is 0. The van der Waals surface area contributed by atoms with Crippen LogP contribution in [0.15, 0.2) is 24.3 Å². The molecule has 0 saturated carbocycles. The molecule has 0 aromatic rings. The molecular weight excluding hydrogens is 96.1 g/mol. The summed E-state index contributed by atoms with van der Waals surface area (Å²) in [6, 6.07) is 0.871. The maximum absolute atomic E-state index is 7.36. The summed E-state index contributed by atoms with van der Waals surface area (Å²) in [5.74, 6) is 0. The zero-order valence-electron chi connectivity index (χ0n) is 6.98. The minimum absolute atomic E-state index is 0.389. The molecule has 0 aromatic heterocycles. The third kappa shape index (κ3) is 1.97. The van der Waals surface area contributed by atoms with Gasteiger partial charge < -0.3 is 0 Å². The third-order valence-corrected chi connectivity index (χ3v) is 1.23. The minimum atomic E-state index is 0.389. The molecule has 44 valence electrons. The van der Waals surface area contributed by atoms with Gasteiger partial charge in [0.05, 0.1) is 2.74 Å². The van der Waals surface area contributed by atoms with Crippen molar-refractivity contribution in [1.82, 2.24) is 0 Å². The van der Waals surface area contributed by atoms with Gasteiger partial charge in [-0.1, -0.05) is 24.3 Å². The molecule has 0 fully saturated rings. The van der Waals surface area contributed by atoms with E-state index in [1.54, 1.807) is 6.08 Å². The second-order valence-electron chi connectivity index (χ2n) is 1.97. The van der Waals surface area contributed by atoms with Crippen molar-refractivity contribution < 1.29 is 2.74 Å². The molecule has 8 heavy (non-hydrogen) atoms. The average molecular weight is 110 g/mol.